The van der Waals surface area contributed by atoms with Crippen LogP contribution < -0.4 is 14.8 Å². The van der Waals surface area contributed by atoms with Crippen LogP contribution in [0.25, 0.3) is 0 Å². The smallest absolute Gasteiger partial charge is 0.243 e. The second-order valence-electron chi connectivity index (χ2n) is 7.77. The van der Waals surface area contributed by atoms with Crippen LogP contribution in [0, 0.1) is 11.7 Å². The number of carbonyl (C=O) groups excluding carboxylic acids is 1. The van der Waals surface area contributed by atoms with Gasteiger partial charge in [0.05, 0.1) is 10.9 Å². The molecule has 166 valence electrons. The van der Waals surface area contributed by atoms with Crippen molar-refractivity contribution in [2.24, 2.45) is 5.92 Å². The van der Waals surface area contributed by atoms with E-state index in [4.69, 9.17) is 9.47 Å². The first-order chi connectivity index (χ1) is 14.8. The average molecular weight is 449 g/mol. The van der Waals surface area contributed by atoms with E-state index in [1.54, 1.807) is 0 Å². The van der Waals surface area contributed by atoms with Crippen molar-refractivity contribution in [3.05, 3.63) is 53.8 Å². The van der Waals surface area contributed by atoms with Gasteiger partial charge in [-0.25, -0.2) is 12.8 Å². The highest BCUT2D eigenvalue weighted by Gasteiger charge is 2.32. The number of sulfonamides is 1. The van der Waals surface area contributed by atoms with Crippen molar-refractivity contribution in [3.63, 3.8) is 0 Å². The number of nitrogens with one attached hydrogen (secondary N) is 1. The molecule has 0 unspecified atom stereocenters. The fraction of sp³-hybridized carbons (Fsp3) is 0.409. The second kappa shape index (κ2) is 8.84. The van der Waals surface area contributed by atoms with Gasteiger partial charge in [-0.2, -0.15) is 4.31 Å². The molecular weight excluding hydrogens is 423 g/mol. The minimum atomic E-state index is -3.69. The third-order valence-electron chi connectivity index (χ3n) is 5.70. The topological polar surface area (TPSA) is 84.9 Å². The Morgan fingerprint density at radius 1 is 1.06 bits per heavy atom. The molecule has 2 aromatic carbocycles. The molecule has 1 saturated heterocycles. The largest absolute Gasteiger partial charge is 0.486 e. The predicted molar refractivity (Wildman–Crippen MR) is 112 cm³/mol. The van der Waals surface area contributed by atoms with Crippen molar-refractivity contribution in [3.8, 4) is 11.5 Å². The summed E-state index contributed by atoms with van der Waals surface area (Å²) in [6.07, 6.45) is 0.861. The van der Waals surface area contributed by atoms with E-state index in [1.807, 2.05) is 25.1 Å². The van der Waals surface area contributed by atoms with Gasteiger partial charge in [0.25, 0.3) is 0 Å². The van der Waals surface area contributed by atoms with Gasteiger partial charge in [0, 0.05) is 19.0 Å². The van der Waals surface area contributed by atoms with Gasteiger partial charge < -0.3 is 14.8 Å². The first-order valence-corrected chi connectivity index (χ1v) is 11.7. The monoisotopic (exact) mass is 448 g/mol. The molecule has 1 atom stereocenters. The third kappa shape index (κ3) is 4.67. The SMILES string of the molecule is C[C@H](NC(=O)C1CCN(S(=O)(=O)c2ccc(F)cc2)CC1)c1ccc2c(c1)OCCO2. The summed E-state index contributed by atoms with van der Waals surface area (Å²) in [6.45, 7) is 3.41. The van der Waals surface area contributed by atoms with Crippen molar-refractivity contribution in [1.82, 2.24) is 9.62 Å². The highest BCUT2D eigenvalue weighted by molar-refractivity contribution is 7.89. The number of hydrogen-bond acceptors (Lipinski definition) is 5. The van der Waals surface area contributed by atoms with Crippen LogP contribution in [-0.2, 0) is 14.8 Å². The van der Waals surface area contributed by atoms with E-state index in [9.17, 15) is 17.6 Å². The molecule has 0 spiro atoms. The lowest BCUT2D eigenvalue weighted by molar-refractivity contribution is -0.126. The van der Waals surface area contributed by atoms with Crippen LogP contribution in [0.1, 0.15) is 31.4 Å². The summed E-state index contributed by atoms with van der Waals surface area (Å²) in [5.41, 5.74) is 0.911. The molecule has 7 nitrogen and oxygen atoms in total. The van der Waals surface area contributed by atoms with Gasteiger partial charge in [-0.15, -0.1) is 0 Å². The summed E-state index contributed by atoms with van der Waals surface area (Å²) < 4.78 is 51.1. The molecule has 31 heavy (non-hydrogen) atoms. The number of amides is 1. The highest BCUT2D eigenvalue weighted by atomic mass is 32.2. The summed E-state index contributed by atoms with van der Waals surface area (Å²) in [6, 6.07) is 10.2. The molecule has 4 rings (SSSR count). The first kappa shape index (κ1) is 21.6. The number of carbonyl (C=O) groups is 1. The van der Waals surface area contributed by atoms with Gasteiger partial charge >= 0.3 is 0 Å². The maximum atomic E-state index is 13.1. The molecule has 1 fully saturated rings. The minimum absolute atomic E-state index is 0.0593. The lowest BCUT2D eigenvalue weighted by atomic mass is 9.96. The maximum absolute atomic E-state index is 13.1. The fourth-order valence-electron chi connectivity index (χ4n) is 3.86. The van der Waals surface area contributed by atoms with Crippen LogP contribution in [0.15, 0.2) is 47.4 Å². The molecular formula is C22H25FN2O5S. The van der Waals surface area contributed by atoms with Crippen LogP contribution in [0.5, 0.6) is 11.5 Å². The van der Waals surface area contributed by atoms with Crippen LogP contribution in [-0.4, -0.2) is 44.9 Å². The molecule has 2 aliphatic heterocycles. The fourth-order valence-corrected chi connectivity index (χ4v) is 5.33. The van der Waals surface area contributed by atoms with Gasteiger partial charge in [-0.05, 0) is 61.7 Å². The molecule has 1 N–H and O–H groups in total. The summed E-state index contributed by atoms with van der Waals surface area (Å²) in [5, 5.41) is 3.02. The van der Waals surface area contributed by atoms with Crippen molar-refractivity contribution in [2.75, 3.05) is 26.3 Å². The van der Waals surface area contributed by atoms with Crippen molar-refractivity contribution < 1.29 is 27.1 Å². The Morgan fingerprint density at radius 2 is 1.71 bits per heavy atom. The lowest BCUT2D eigenvalue weighted by Gasteiger charge is -2.31. The quantitative estimate of drug-likeness (QED) is 0.760. The van der Waals surface area contributed by atoms with E-state index < -0.39 is 15.8 Å². The third-order valence-corrected chi connectivity index (χ3v) is 7.61. The molecule has 0 bridgehead atoms. The van der Waals surface area contributed by atoms with Crippen LogP contribution >= 0.6 is 0 Å². The van der Waals surface area contributed by atoms with E-state index in [0.717, 1.165) is 17.7 Å². The molecule has 0 saturated carbocycles. The molecule has 0 radical (unpaired) electrons. The maximum Gasteiger partial charge on any atom is 0.243 e. The minimum Gasteiger partial charge on any atom is -0.486 e. The predicted octanol–water partition coefficient (Wildman–Crippen LogP) is 2.88. The van der Waals surface area contributed by atoms with Gasteiger partial charge in [-0.3, -0.25) is 4.79 Å². The number of nitrogens with zero attached hydrogens (tertiary/aromatic N) is 1. The van der Waals surface area contributed by atoms with Crippen molar-refractivity contribution >= 4 is 15.9 Å². The zero-order valence-corrected chi connectivity index (χ0v) is 18.0. The molecule has 2 heterocycles. The number of rotatable bonds is 5. The van der Waals surface area contributed by atoms with Gasteiger partial charge in [0.2, 0.25) is 15.9 Å². The van der Waals surface area contributed by atoms with Crippen LogP contribution in [0.4, 0.5) is 4.39 Å². The van der Waals surface area contributed by atoms with Gasteiger partial charge in [0.1, 0.15) is 19.0 Å². The number of hydrogen-bond donors (Lipinski definition) is 1. The zero-order valence-electron chi connectivity index (χ0n) is 17.2. The number of halogens is 1. The van der Waals surface area contributed by atoms with E-state index in [0.29, 0.717) is 37.6 Å². The molecule has 2 aliphatic rings. The van der Waals surface area contributed by atoms with Gasteiger partial charge in [0.15, 0.2) is 11.5 Å². The van der Waals surface area contributed by atoms with Crippen molar-refractivity contribution in [1.29, 1.82) is 0 Å². The first-order valence-electron chi connectivity index (χ1n) is 10.3. The summed E-state index contributed by atoms with van der Waals surface area (Å²) in [5.74, 6) is 0.523. The summed E-state index contributed by atoms with van der Waals surface area (Å²) in [7, 11) is -3.69. The Labute approximate surface area is 181 Å². The average Bonchev–Trinajstić information content (AvgIpc) is 2.79. The number of piperidine rings is 1. The van der Waals surface area contributed by atoms with Crippen LogP contribution in [0.2, 0.25) is 0 Å². The summed E-state index contributed by atoms with van der Waals surface area (Å²) in [4.78, 5) is 12.8. The normalized spacial score (nSPS) is 18.4. The summed E-state index contributed by atoms with van der Waals surface area (Å²) >= 11 is 0. The molecule has 2 aromatic rings. The molecule has 9 heteroatoms. The van der Waals surface area contributed by atoms with Crippen molar-refractivity contribution in [2.45, 2.75) is 30.7 Å². The zero-order chi connectivity index (χ0) is 22.0. The highest BCUT2D eigenvalue weighted by Crippen LogP contribution is 2.33. The number of fused-ring (bicyclic) bond motifs is 1. The van der Waals surface area contributed by atoms with E-state index >= 15 is 0 Å². The Morgan fingerprint density at radius 3 is 2.39 bits per heavy atom. The Bertz CT molecular complexity index is 1050. The van der Waals surface area contributed by atoms with Crippen LogP contribution in [0.3, 0.4) is 0 Å². The van der Waals surface area contributed by atoms with Gasteiger partial charge in [-0.1, -0.05) is 6.07 Å². The standard InChI is InChI=1S/C22H25FN2O5S/c1-15(17-2-7-20-21(14-17)30-13-12-29-20)24-22(26)16-8-10-25(11-9-16)31(27,28)19-5-3-18(23)4-6-19/h2-7,14-16H,8-13H2,1H3,(H,24,26)/t15-/m0/s1. The van der Waals surface area contributed by atoms with E-state index in [1.165, 1.54) is 16.4 Å². The lowest BCUT2D eigenvalue weighted by Crippen LogP contribution is -2.43. The molecule has 1 amide bonds. The second-order valence-corrected chi connectivity index (χ2v) is 9.70. The molecule has 0 aromatic heterocycles. The molecule has 0 aliphatic carbocycles. The van der Waals surface area contributed by atoms with E-state index in [-0.39, 0.29) is 35.9 Å². The number of ether oxygens (including phenoxy) is 2. The van der Waals surface area contributed by atoms with E-state index in [2.05, 4.69) is 5.32 Å². The Balaban J connectivity index is 1.34. The Kier molecular flexibility index (Phi) is 6.15. The number of benzene rings is 2. The Hall–Kier alpha value is -2.65.